The molecule has 1 aromatic carbocycles. The van der Waals surface area contributed by atoms with Gasteiger partial charge in [-0.25, -0.2) is 0 Å². The van der Waals surface area contributed by atoms with Gasteiger partial charge in [0.1, 0.15) is 11.5 Å². The summed E-state index contributed by atoms with van der Waals surface area (Å²) in [5.41, 5.74) is 12.3. The summed E-state index contributed by atoms with van der Waals surface area (Å²) in [5, 5.41) is 20.8. The first kappa shape index (κ1) is 18.4. The molecule has 0 amide bonds. The number of rotatable bonds is 5. The number of thiophene rings is 1. The lowest BCUT2D eigenvalue weighted by molar-refractivity contribution is 0.539. The van der Waals surface area contributed by atoms with Gasteiger partial charge in [0.05, 0.1) is 9.88 Å². The van der Waals surface area contributed by atoms with Crippen molar-refractivity contribution in [1.82, 2.24) is 0 Å². The molecule has 4 aromatic rings. The van der Waals surface area contributed by atoms with Gasteiger partial charge in [-0.05, 0) is 60.7 Å². The van der Waals surface area contributed by atoms with Gasteiger partial charge in [-0.3, -0.25) is 10.8 Å². The van der Waals surface area contributed by atoms with E-state index in [-0.39, 0.29) is 11.9 Å². The third kappa shape index (κ3) is 4.14. The molecule has 9 heteroatoms. The maximum absolute atomic E-state index is 7.30. The molecule has 29 heavy (non-hydrogen) atoms. The molecular weight excluding hydrogens is 388 g/mol. The molecule has 0 aliphatic rings. The highest BCUT2D eigenvalue weighted by Crippen LogP contribution is 2.36. The lowest BCUT2D eigenvalue weighted by Gasteiger charge is -2.04. The minimum atomic E-state index is -0.110. The SMILES string of the molecule is N=C(N)Nc1ccc(-c2ccc(-c3ccc(-c4ccc(NC(=N)N)s4)o3)o2)cc1. The Morgan fingerprint density at radius 2 is 1.28 bits per heavy atom. The molecule has 0 unspecified atom stereocenters. The van der Waals surface area contributed by atoms with Crippen molar-refractivity contribution in [3.05, 3.63) is 60.7 Å². The fourth-order valence-corrected chi connectivity index (χ4v) is 3.65. The standard InChI is InChI=1S/C20H18N6O2S/c21-19(22)25-12-3-1-11(2-4-12)13-5-6-14(27-13)15-7-8-16(28-15)17-9-10-18(29-17)26-20(23)24/h1-10H,(H4,21,22,25)(H4,23,24,26). The van der Waals surface area contributed by atoms with Crippen LogP contribution in [0.15, 0.2) is 69.5 Å². The number of anilines is 2. The van der Waals surface area contributed by atoms with Gasteiger partial charge in [-0.2, -0.15) is 0 Å². The molecule has 0 fully saturated rings. The average molecular weight is 406 g/mol. The molecule has 0 saturated heterocycles. The zero-order valence-electron chi connectivity index (χ0n) is 15.2. The van der Waals surface area contributed by atoms with Crippen LogP contribution >= 0.6 is 11.3 Å². The fraction of sp³-hybridized carbons (Fsp3) is 0. The number of furan rings is 2. The maximum atomic E-state index is 7.30. The molecule has 0 atom stereocenters. The summed E-state index contributed by atoms with van der Waals surface area (Å²) in [5.74, 6) is 2.44. The monoisotopic (exact) mass is 406 g/mol. The Hall–Kier alpha value is -3.98. The van der Waals surface area contributed by atoms with Gasteiger partial charge in [-0.15, -0.1) is 11.3 Å². The molecule has 0 aliphatic carbocycles. The first-order valence-corrected chi connectivity index (χ1v) is 9.42. The number of nitrogens with two attached hydrogens (primary N) is 2. The van der Waals surface area contributed by atoms with Crippen molar-refractivity contribution in [3.63, 3.8) is 0 Å². The van der Waals surface area contributed by atoms with E-state index in [1.807, 2.05) is 60.7 Å². The van der Waals surface area contributed by atoms with Crippen molar-refractivity contribution < 1.29 is 8.83 Å². The van der Waals surface area contributed by atoms with Gasteiger partial charge in [0, 0.05) is 11.3 Å². The first-order valence-electron chi connectivity index (χ1n) is 8.61. The first-order chi connectivity index (χ1) is 14.0. The minimum absolute atomic E-state index is 0.105. The summed E-state index contributed by atoms with van der Waals surface area (Å²) in [7, 11) is 0. The summed E-state index contributed by atoms with van der Waals surface area (Å²) in [4.78, 5) is 0.917. The summed E-state index contributed by atoms with van der Waals surface area (Å²) in [6, 6.07) is 18.6. The van der Waals surface area contributed by atoms with Crippen molar-refractivity contribution in [3.8, 4) is 33.5 Å². The predicted molar refractivity (Wildman–Crippen MR) is 116 cm³/mol. The van der Waals surface area contributed by atoms with Gasteiger partial charge in [0.2, 0.25) is 0 Å². The van der Waals surface area contributed by atoms with E-state index >= 15 is 0 Å². The van der Waals surface area contributed by atoms with Crippen LogP contribution in [0.2, 0.25) is 0 Å². The van der Waals surface area contributed by atoms with Crippen LogP contribution in [0, 0.1) is 10.8 Å². The van der Waals surface area contributed by atoms with Crippen LogP contribution < -0.4 is 22.1 Å². The van der Waals surface area contributed by atoms with Crippen molar-refractivity contribution in [2.45, 2.75) is 0 Å². The van der Waals surface area contributed by atoms with Gasteiger partial charge in [-0.1, -0.05) is 0 Å². The van der Waals surface area contributed by atoms with Crippen LogP contribution in [0.1, 0.15) is 0 Å². The largest absolute Gasteiger partial charge is 0.453 e. The van der Waals surface area contributed by atoms with E-state index in [2.05, 4.69) is 10.6 Å². The van der Waals surface area contributed by atoms with Crippen LogP contribution in [0.5, 0.6) is 0 Å². The summed E-state index contributed by atoms with van der Waals surface area (Å²) >= 11 is 1.44. The minimum Gasteiger partial charge on any atom is -0.453 e. The highest BCUT2D eigenvalue weighted by molar-refractivity contribution is 7.19. The summed E-state index contributed by atoms with van der Waals surface area (Å²) in [6.07, 6.45) is 0. The highest BCUT2D eigenvalue weighted by atomic mass is 32.1. The Balaban J connectivity index is 1.52. The Morgan fingerprint density at radius 1 is 0.690 bits per heavy atom. The molecule has 0 bridgehead atoms. The van der Waals surface area contributed by atoms with Crippen LogP contribution in [0.25, 0.3) is 33.5 Å². The molecule has 3 heterocycles. The van der Waals surface area contributed by atoms with E-state index in [1.165, 1.54) is 11.3 Å². The van der Waals surface area contributed by atoms with E-state index in [9.17, 15) is 0 Å². The number of hydrogen-bond donors (Lipinski definition) is 6. The van der Waals surface area contributed by atoms with Crippen molar-refractivity contribution in [1.29, 1.82) is 10.8 Å². The Kier molecular flexibility index (Phi) is 4.80. The molecule has 0 aliphatic heterocycles. The van der Waals surface area contributed by atoms with E-state index in [1.54, 1.807) is 0 Å². The van der Waals surface area contributed by atoms with E-state index < -0.39 is 0 Å². The van der Waals surface area contributed by atoms with Gasteiger partial charge in [0.25, 0.3) is 0 Å². The second-order valence-electron chi connectivity index (χ2n) is 6.15. The van der Waals surface area contributed by atoms with Crippen LogP contribution in [0.4, 0.5) is 10.7 Å². The maximum Gasteiger partial charge on any atom is 0.190 e. The van der Waals surface area contributed by atoms with Crippen LogP contribution in [0.3, 0.4) is 0 Å². The quantitative estimate of drug-likeness (QED) is 0.211. The van der Waals surface area contributed by atoms with Gasteiger partial charge >= 0.3 is 0 Å². The Bertz CT molecular complexity index is 1170. The number of guanidine groups is 2. The highest BCUT2D eigenvalue weighted by Gasteiger charge is 2.13. The number of benzene rings is 1. The third-order valence-corrected chi connectivity index (χ3v) is 5.03. The fourth-order valence-electron chi connectivity index (χ4n) is 2.77. The van der Waals surface area contributed by atoms with E-state index in [0.29, 0.717) is 23.0 Å². The van der Waals surface area contributed by atoms with Crippen molar-refractivity contribution >= 4 is 33.9 Å². The van der Waals surface area contributed by atoms with Crippen LogP contribution in [-0.4, -0.2) is 11.9 Å². The third-order valence-electron chi connectivity index (χ3n) is 4.01. The van der Waals surface area contributed by atoms with Gasteiger partial charge < -0.3 is 30.9 Å². The second kappa shape index (κ2) is 7.56. The normalized spacial score (nSPS) is 10.6. The smallest absolute Gasteiger partial charge is 0.190 e. The summed E-state index contributed by atoms with van der Waals surface area (Å²) in [6.45, 7) is 0. The Labute approximate surface area is 170 Å². The molecule has 0 radical (unpaired) electrons. The van der Waals surface area contributed by atoms with Crippen molar-refractivity contribution in [2.75, 3.05) is 10.6 Å². The van der Waals surface area contributed by atoms with Crippen LogP contribution in [-0.2, 0) is 0 Å². The van der Waals surface area contributed by atoms with Crippen molar-refractivity contribution in [2.24, 2.45) is 11.5 Å². The molecule has 146 valence electrons. The topological polar surface area (TPSA) is 150 Å². The molecule has 8 nitrogen and oxygen atoms in total. The molecule has 0 saturated carbocycles. The number of hydrogen-bond acceptors (Lipinski definition) is 5. The average Bonchev–Trinajstić information content (AvgIpc) is 3.41. The molecular formula is C20H18N6O2S. The lowest BCUT2D eigenvalue weighted by atomic mass is 10.1. The summed E-state index contributed by atoms with van der Waals surface area (Å²) < 4.78 is 11.9. The molecule has 0 spiro atoms. The Morgan fingerprint density at radius 3 is 1.93 bits per heavy atom. The predicted octanol–water partition coefficient (Wildman–Crippen LogP) is 4.55. The number of nitrogens with one attached hydrogen (secondary N) is 4. The van der Waals surface area contributed by atoms with Gasteiger partial charge in [0.15, 0.2) is 23.4 Å². The zero-order chi connectivity index (χ0) is 20.4. The lowest BCUT2D eigenvalue weighted by Crippen LogP contribution is -2.20. The molecule has 3 aromatic heterocycles. The zero-order valence-corrected chi connectivity index (χ0v) is 16.0. The second-order valence-corrected chi connectivity index (χ2v) is 7.23. The molecule has 4 rings (SSSR count). The van der Waals surface area contributed by atoms with E-state index in [4.69, 9.17) is 31.1 Å². The van der Waals surface area contributed by atoms with E-state index in [0.717, 1.165) is 21.1 Å². The molecule has 8 N–H and O–H groups in total.